The standard InChI is InChI=1S/C44H65N8O11P/c1-7-61-43(58)28(3)49-64(60,50-29(4)44(59)62-8-2)63-33-21-18-30(19-22-33)26-37(51(5)6)41(56)48-35-17-13-12-16-32-20-24-36(52(32)42(35)57)40(55)47-34(23-25-38(45)53)39(54)46-27-31-14-10-9-11-15-31/h9-11,14-15,18-19,21-22,28-29,32,34-37H,7-8,12-13,16-17,20,23-27H2,1-6H3,(H2,45,53)(H,46,54)(H,47,55)(H,48,56)(H2,49,50,60)/t28-,29-,32-,34-,35-,36-,37-/m0/s1. The Labute approximate surface area is 375 Å². The zero-order valence-corrected chi connectivity index (χ0v) is 38.5. The van der Waals surface area contributed by atoms with Crippen molar-refractivity contribution in [2.24, 2.45) is 5.73 Å². The molecule has 2 aromatic rings. The summed E-state index contributed by atoms with van der Waals surface area (Å²) in [5.41, 5.74) is 6.96. The Bertz CT molecular complexity index is 1940. The number of nitrogens with zero attached hydrogens (tertiary/aromatic N) is 2. The lowest BCUT2D eigenvalue weighted by molar-refractivity contribution is -0.145. The zero-order valence-electron chi connectivity index (χ0n) is 37.6. The second-order valence-corrected chi connectivity index (χ2v) is 18.1. The number of likely N-dealkylation sites (N-methyl/N-ethyl adjacent to an activating group) is 1. The predicted octanol–water partition coefficient (Wildman–Crippen LogP) is 2.21. The second-order valence-electron chi connectivity index (χ2n) is 16.3. The Balaban J connectivity index is 1.45. The number of nitrogens with one attached hydrogen (secondary N) is 5. The van der Waals surface area contributed by atoms with E-state index in [1.165, 1.54) is 13.8 Å². The van der Waals surface area contributed by atoms with E-state index in [-0.39, 0.29) is 56.7 Å². The first-order valence-electron chi connectivity index (χ1n) is 21.9. The van der Waals surface area contributed by atoms with Gasteiger partial charge >= 0.3 is 19.6 Å². The summed E-state index contributed by atoms with van der Waals surface area (Å²) in [6.07, 6.45) is 3.53. The van der Waals surface area contributed by atoms with Gasteiger partial charge in [-0.25, -0.2) is 14.7 Å². The van der Waals surface area contributed by atoms with Crippen molar-refractivity contribution in [1.82, 2.24) is 35.9 Å². The van der Waals surface area contributed by atoms with Crippen LogP contribution in [0.2, 0.25) is 0 Å². The molecule has 2 saturated heterocycles. The lowest BCUT2D eigenvalue weighted by Gasteiger charge is -2.36. The van der Waals surface area contributed by atoms with Gasteiger partial charge in [-0.05, 0) is 104 Å². The number of ether oxygens (including phenoxy) is 2. The molecule has 0 saturated carbocycles. The van der Waals surface area contributed by atoms with Crippen LogP contribution in [0.15, 0.2) is 54.6 Å². The first-order chi connectivity index (χ1) is 30.4. The monoisotopic (exact) mass is 912 g/mol. The first kappa shape index (κ1) is 51.3. The van der Waals surface area contributed by atoms with Gasteiger partial charge in [0.15, 0.2) is 0 Å². The minimum absolute atomic E-state index is 0.0197. The van der Waals surface area contributed by atoms with Gasteiger partial charge in [-0.3, -0.25) is 38.5 Å². The third-order valence-corrected chi connectivity index (χ3v) is 13.0. The fourth-order valence-electron chi connectivity index (χ4n) is 7.73. The molecule has 0 aliphatic carbocycles. The number of benzene rings is 2. The summed E-state index contributed by atoms with van der Waals surface area (Å²) in [7, 11) is -0.652. The van der Waals surface area contributed by atoms with Crippen molar-refractivity contribution in [3.8, 4) is 5.75 Å². The molecular formula is C44H65N8O11P. The number of primary amides is 1. The number of carbonyl (C=O) groups excluding carboxylic acids is 7. The number of nitrogens with two attached hydrogens (primary N) is 1. The van der Waals surface area contributed by atoms with E-state index in [1.807, 2.05) is 30.3 Å². The van der Waals surface area contributed by atoms with Crippen LogP contribution in [0.1, 0.15) is 90.2 Å². The van der Waals surface area contributed by atoms with Crippen molar-refractivity contribution in [3.05, 3.63) is 65.7 Å². The van der Waals surface area contributed by atoms with Crippen molar-refractivity contribution in [2.45, 2.75) is 134 Å². The average molecular weight is 913 g/mol. The Hall–Kier alpha value is -5.36. The fourth-order valence-corrected chi connectivity index (χ4v) is 9.56. The Morgan fingerprint density at radius 3 is 2.02 bits per heavy atom. The van der Waals surface area contributed by atoms with Crippen LogP contribution in [-0.2, 0) is 60.6 Å². The highest BCUT2D eigenvalue weighted by Gasteiger charge is 2.45. The first-order valence-corrected chi connectivity index (χ1v) is 23.5. The van der Waals surface area contributed by atoms with Crippen LogP contribution in [0.5, 0.6) is 5.75 Å². The molecule has 0 unspecified atom stereocenters. The Kier molecular flexibility index (Phi) is 19.7. The highest BCUT2D eigenvalue weighted by Crippen LogP contribution is 2.40. The number of hydrogen-bond acceptors (Lipinski definition) is 12. The molecule has 7 atom stereocenters. The Morgan fingerprint density at radius 2 is 1.44 bits per heavy atom. The number of hydrogen-bond donors (Lipinski definition) is 6. The molecule has 4 rings (SSSR count). The summed E-state index contributed by atoms with van der Waals surface area (Å²) in [5.74, 6) is -3.61. The van der Waals surface area contributed by atoms with E-state index < -0.39 is 79.5 Å². The molecule has 64 heavy (non-hydrogen) atoms. The normalized spacial score (nSPS) is 19.5. The maximum atomic E-state index is 14.4. The van der Waals surface area contributed by atoms with Crippen molar-refractivity contribution in [3.63, 3.8) is 0 Å². The lowest BCUT2D eigenvalue weighted by atomic mass is 9.98. The summed E-state index contributed by atoms with van der Waals surface area (Å²) in [6.45, 7) is 6.59. The molecule has 2 fully saturated rings. The fraction of sp³-hybridized carbons (Fsp3) is 0.568. The highest BCUT2D eigenvalue weighted by atomic mass is 31.2. The average Bonchev–Trinajstić information content (AvgIpc) is 3.67. The molecule has 0 radical (unpaired) electrons. The van der Waals surface area contributed by atoms with E-state index >= 15 is 0 Å². The van der Waals surface area contributed by atoms with Crippen LogP contribution >= 0.6 is 7.67 Å². The van der Waals surface area contributed by atoms with E-state index in [0.29, 0.717) is 37.7 Å². The maximum Gasteiger partial charge on any atom is 0.391 e. The van der Waals surface area contributed by atoms with Gasteiger partial charge in [0.1, 0.15) is 36.0 Å². The SMILES string of the molecule is CCOC(=O)[C@H](C)NP(=O)(N[C@@H](C)C(=O)OCC)Oc1ccc(C[C@@H](C(=O)N[C@H]2CCCC[C@H]3CC[C@@H](C(=O)N[C@@H](CCC(N)=O)C(=O)NCc4ccccc4)N3C2=O)N(C)C)cc1. The number of amides is 5. The molecule has 352 valence electrons. The predicted molar refractivity (Wildman–Crippen MR) is 237 cm³/mol. The lowest BCUT2D eigenvalue weighted by Crippen LogP contribution is -2.59. The molecular weight excluding hydrogens is 848 g/mol. The summed E-state index contributed by atoms with van der Waals surface area (Å²) in [5, 5.41) is 13.8. The minimum Gasteiger partial charge on any atom is -0.465 e. The van der Waals surface area contributed by atoms with E-state index in [2.05, 4.69) is 26.1 Å². The smallest absolute Gasteiger partial charge is 0.391 e. The molecule has 0 spiro atoms. The Morgan fingerprint density at radius 1 is 0.828 bits per heavy atom. The van der Waals surface area contributed by atoms with Gasteiger partial charge < -0.3 is 40.6 Å². The molecule has 19 nitrogen and oxygen atoms in total. The molecule has 5 amide bonds. The maximum absolute atomic E-state index is 14.4. The summed E-state index contributed by atoms with van der Waals surface area (Å²) in [4.78, 5) is 95.4. The van der Waals surface area contributed by atoms with Crippen molar-refractivity contribution in [1.29, 1.82) is 0 Å². The number of esters is 2. The van der Waals surface area contributed by atoms with Gasteiger partial charge in [-0.15, -0.1) is 0 Å². The van der Waals surface area contributed by atoms with Crippen LogP contribution in [0.4, 0.5) is 0 Å². The van der Waals surface area contributed by atoms with E-state index in [1.54, 1.807) is 62.0 Å². The van der Waals surface area contributed by atoms with Crippen LogP contribution in [0.25, 0.3) is 0 Å². The summed E-state index contributed by atoms with van der Waals surface area (Å²) >= 11 is 0. The van der Waals surface area contributed by atoms with Crippen LogP contribution < -0.4 is 36.4 Å². The number of fused-ring (bicyclic) bond motifs is 1. The highest BCUT2D eigenvalue weighted by molar-refractivity contribution is 7.55. The third kappa shape index (κ3) is 15.1. The second kappa shape index (κ2) is 24.6. The molecule has 20 heteroatoms. The third-order valence-electron chi connectivity index (χ3n) is 11.1. The van der Waals surface area contributed by atoms with E-state index in [9.17, 15) is 38.1 Å². The summed E-state index contributed by atoms with van der Waals surface area (Å²) in [6, 6.07) is 9.74. The van der Waals surface area contributed by atoms with Crippen LogP contribution in [0, 0.1) is 0 Å². The molecule has 2 aliphatic heterocycles. The molecule has 0 aromatic heterocycles. The molecule has 7 N–H and O–H groups in total. The van der Waals surface area contributed by atoms with Crippen molar-refractivity contribution >= 4 is 49.1 Å². The van der Waals surface area contributed by atoms with Crippen molar-refractivity contribution < 1.29 is 52.1 Å². The van der Waals surface area contributed by atoms with Gasteiger partial charge in [-0.2, -0.15) is 0 Å². The quantitative estimate of drug-likeness (QED) is 0.0691. The van der Waals surface area contributed by atoms with Gasteiger partial charge in [0, 0.05) is 19.0 Å². The number of carbonyl (C=O) groups is 7. The van der Waals surface area contributed by atoms with Gasteiger partial charge in [0.2, 0.25) is 29.5 Å². The van der Waals surface area contributed by atoms with Crippen LogP contribution in [0.3, 0.4) is 0 Å². The van der Waals surface area contributed by atoms with Gasteiger partial charge in [-0.1, -0.05) is 55.3 Å². The molecule has 2 heterocycles. The molecule has 0 bridgehead atoms. The van der Waals surface area contributed by atoms with E-state index in [4.69, 9.17) is 19.7 Å². The minimum atomic E-state index is -4.14. The molecule has 2 aromatic carbocycles. The largest absolute Gasteiger partial charge is 0.465 e. The van der Waals surface area contributed by atoms with Crippen LogP contribution in [-0.4, -0.2) is 121 Å². The van der Waals surface area contributed by atoms with Gasteiger partial charge in [0.05, 0.1) is 19.3 Å². The van der Waals surface area contributed by atoms with Crippen molar-refractivity contribution in [2.75, 3.05) is 27.3 Å². The molecule has 2 aliphatic rings. The topological polar surface area (TPSA) is 257 Å². The van der Waals surface area contributed by atoms with Gasteiger partial charge in [0.25, 0.3) is 0 Å². The number of rotatable bonds is 23. The van der Waals surface area contributed by atoms with E-state index in [0.717, 1.165) is 12.0 Å². The zero-order chi connectivity index (χ0) is 47.0. The summed E-state index contributed by atoms with van der Waals surface area (Å²) < 4.78 is 30.0.